The molecule has 0 aliphatic heterocycles. The lowest BCUT2D eigenvalue weighted by Gasteiger charge is -2.17. The minimum atomic E-state index is -1.03. The zero-order valence-corrected chi connectivity index (χ0v) is 8.77. The Morgan fingerprint density at radius 3 is 2.29 bits per heavy atom. The Hall–Kier alpha value is -1.39. The average Bonchev–Trinajstić information content (AvgIpc) is 1.96. The maximum Gasteiger partial charge on any atom is 0.433 e. The van der Waals surface area contributed by atoms with Crippen LogP contribution in [0, 0.1) is 5.92 Å². The van der Waals surface area contributed by atoms with Gasteiger partial charge in [0, 0.05) is 6.21 Å². The molecule has 0 fully saturated rings. The van der Waals surface area contributed by atoms with Crippen LogP contribution in [-0.2, 0) is 9.53 Å². The van der Waals surface area contributed by atoms with Gasteiger partial charge in [-0.25, -0.2) is 4.79 Å². The molecule has 0 radical (unpaired) electrons. The summed E-state index contributed by atoms with van der Waals surface area (Å²) in [5.41, 5.74) is -0.610. The van der Waals surface area contributed by atoms with Crippen LogP contribution in [0.15, 0.2) is 4.99 Å². The van der Waals surface area contributed by atoms with Crippen LogP contribution >= 0.6 is 0 Å². The molecule has 0 aromatic carbocycles. The Morgan fingerprint density at radius 1 is 1.43 bits per heavy atom. The standard InChI is InChI=1S/C9H15NO4/c1-6(7(11)12)5-10-8(13)14-9(2,3)4/h5-6H,1-4H3,(H,11,12)/b10-5+. The van der Waals surface area contributed by atoms with E-state index in [9.17, 15) is 9.59 Å². The summed E-state index contributed by atoms with van der Waals surface area (Å²) in [5.74, 6) is -1.82. The molecule has 0 aromatic rings. The van der Waals surface area contributed by atoms with Gasteiger partial charge in [-0.2, -0.15) is 4.99 Å². The van der Waals surface area contributed by atoms with Gasteiger partial charge in [-0.15, -0.1) is 0 Å². The number of hydrogen-bond donors (Lipinski definition) is 1. The second kappa shape index (κ2) is 4.74. The predicted molar refractivity (Wildman–Crippen MR) is 51.5 cm³/mol. The van der Waals surface area contributed by atoms with E-state index >= 15 is 0 Å². The van der Waals surface area contributed by atoms with Crippen LogP contribution in [0.25, 0.3) is 0 Å². The van der Waals surface area contributed by atoms with Gasteiger partial charge < -0.3 is 9.84 Å². The van der Waals surface area contributed by atoms with E-state index in [1.165, 1.54) is 6.92 Å². The number of amides is 1. The summed E-state index contributed by atoms with van der Waals surface area (Å²) in [6.07, 6.45) is 0.279. The highest BCUT2D eigenvalue weighted by atomic mass is 16.6. The number of ether oxygens (including phenoxy) is 1. The summed E-state index contributed by atoms with van der Waals surface area (Å²) in [6.45, 7) is 6.55. The lowest BCUT2D eigenvalue weighted by Crippen LogP contribution is -2.22. The third kappa shape index (κ3) is 6.16. The monoisotopic (exact) mass is 201 g/mol. The summed E-state index contributed by atoms with van der Waals surface area (Å²) >= 11 is 0. The summed E-state index contributed by atoms with van der Waals surface area (Å²) < 4.78 is 4.84. The minimum absolute atomic E-state index is 0.610. The van der Waals surface area contributed by atoms with Crippen molar-refractivity contribution in [2.45, 2.75) is 33.3 Å². The number of carbonyl (C=O) groups excluding carboxylic acids is 1. The maximum atomic E-state index is 11.0. The Kier molecular flexibility index (Phi) is 4.27. The number of rotatable bonds is 2. The Balaban J connectivity index is 4.13. The van der Waals surface area contributed by atoms with E-state index in [-0.39, 0.29) is 0 Å². The van der Waals surface area contributed by atoms with Crippen LogP contribution in [0.2, 0.25) is 0 Å². The highest BCUT2D eigenvalue weighted by Gasteiger charge is 2.15. The second-order valence-corrected chi connectivity index (χ2v) is 3.89. The number of carboxylic acid groups (broad SMARTS) is 1. The molecule has 5 nitrogen and oxygen atoms in total. The van der Waals surface area contributed by atoms with Gasteiger partial charge in [0.25, 0.3) is 0 Å². The quantitative estimate of drug-likeness (QED) is 0.690. The predicted octanol–water partition coefficient (Wildman–Crippen LogP) is 1.71. The van der Waals surface area contributed by atoms with Gasteiger partial charge in [0.05, 0.1) is 5.92 Å². The zero-order chi connectivity index (χ0) is 11.4. The number of aliphatic carboxylic acids is 1. The summed E-state index contributed by atoms with van der Waals surface area (Å²) in [4.78, 5) is 24.7. The first-order valence-electron chi connectivity index (χ1n) is 4.22. The van der Waals surface area contributed by atoms with Crippen LogP contribution in [0.3, 0.4) is 0 Å². The first-order chi connectivity index (χ1) is 6.22. The van der Waals surface area contributed by atoms with E-state index in [4.69, 9.17) is 9.84 Å². The Morgan fingerprint density at radius 2 is 1.93 bits per heavy atom. The van der Waals surface area contributed by atoms with Crippen LogP contribution in [-0.4, -0.2) is 29.0 Å². The minimum Gasteiger partial charge on any atom is -0.481 e. The van der Waals surface area contributed by atoms with Crippen LogP contribution in [0.5, 0.6) is 0 Å². The average molecular weight is 201 g/mol. The molecular formula is C9H15NO4. The van der Waals surface area contributed by atoms with E-state index < -0.39 is 23.6 Å². The van der Waals surface area contributed by atoms with Crippen molar-refractivity contribution in [3.63, 3.8) is 0 Å². The van der Waals surface area contributed by atoms with Crippen LogP contribution in [0.4, 0.5) is 4.79 Å². The van der Waals surface area contributed by atoms with Gasteiger partial charge in [-0.05, 0) is 27.7 Å². The maximum absolute atomic E-state index is 11.0. The zero-order valence-electron chi connectivity index (χ0n) is 8.77. The van der Waals surface area contributed by atoms with Gasteiger partial charge in [-0.1, -0.05) is 0 Å². The molecule has 1 N–H and O–H groups in total. The van der Waals surface area contributed by atoms with Gasteiger partial charge >= 0.3 is 12.1 Å². The van der Waals surface area contributed by atoms with Crippen molar-refractivity contribution in [1.29, 1.82) is 0 Å². The molecule has 0 heterocycles. The fraction of sp³-hybridized carbons (Fsp3) is 0.667. The number of aliphatic imine (C=N–C) groups is 1. The fourth-order valence-corrected chi connectivity index (χ4v) is 0.525. The van der Waals surface area contributed by atoms with Gasteiger partial charge in [0.2, 0.25) is 0 Å². The molecule has 0 aromatic heterocycles. The van der Waals surface area contributed by atoms with Crippen molar-refractivity contribution in [3.8, 4) is 0 Å². The van der Waals surface area contributed by atoms with Crippen molar-refractivity contribution in [2.75, 3.05) is 0 Å². The van der Waals surface area contributed by atoms with Crippen molar-refractivity contribution in [1.82, 2.24) is 0 Å². The molecule has 0 spiro atoms. The van der Waals surface area contributed by atoms with E-state index in [2.05, 4.69) is 4.99 Å². The van der Waals surface area contributed by atoms with Crippen LogP contribution in [0.1, 0.15) is 27.7 Å². The third-order valence-corrected chi connectivity index (χ3v) is 1.19. The smallest absolute Gasteiger partial charge is 0.433 e. The molecule has 0 rings (SSSR count). The normalized spacial score (nSPS) is 14.0. The van der Waals surface area contributed by atoms with E-state index in [0.717, 1.165) is 6.21 Å². The molecule has 0 saturated heterocycles. The Labute approximate surface area is 82.8 Å². The molecule has 1 amide bonds. The van der Waals surface area contributed by atoms with Crippen molar-refractivity contribution in [3.05, 3.63) is 0 Å². The lowest BCUT2D eigenvalue weighted by molar-refractivity contribution is -0.138. The van der Waals surface area contributed by atoms with Gasteiger partial charge in [0.1, 0.15) is 5.60 Å². The number of carbonyl (C=O) groups is 2. The fourth-order valence-electron chi connectivity index (χ4n) is 0.525. The molecule has 0 bridgehead atoms. The highest BCUT2D eigenvalue weighted by molar-refractivity contribution is 5.92. The first kappa shape index (κ1) is 12.6. The van der Waals surface area contributed by atoms with E-state index in [0.29, 0.717) is 0 Å². The van der Waals surface area contributed by atoms with Crippen molar-refractivity contribution >= 4 is 18.3 Å². The summed E-state index contributed by atoms with van der Waals surface area (Å²) in [5, 5.41) is 8.48. The summed E-state index contributed by atoms with van der Waals surface area (Å²) in [7, 11) is 0. The molecule has 5 heteroatoms. The number of carboxylic acids is 1. The second-order valence-electron chi connectivity index (χ2n) is 3.89. The Bertz CT molecular complexity index is 252. The van der Waals surface area contributed by atoms with Gasteiger partial charge in [0.15, 0.2) is 0 Å². The molecule has 0 aliphatic carbocycles. The van der Waals surface area contributed by atoms with E-state index in [1.54, 1.807) is 20.8 Å². The topological polar surface area (TPSA) is 76.0 Å². The number of nitrogens with zero attached hydrogens (tertiary/aromatic N) is 1. The van der Waals surface area contributed by atoms with Crippen LogP contribution < -0.4 is 0 Å². The van der Waals surface area contributed by atoms with E-state index in [1.807, 2.05) is 0 Å². The molecule has 0 aliphatic rings. The highest BCUT2D eigenvalue weighted by Crippen LogP contribution is 2.07. The molecule has 0 saturated carbocycles. The summed E-state index contributed by atoms with van der Waals surface area (Å²) in [6, 6.07) is 0. The molecule has 80 valence electrons. The van der Waals surface area contributed by atoms with Crippen molar-refractivity contribution < 1.29 is 19.4 Å². The molecule has 1 atom stereocenters. The molecule has 1 unspecified atom stereocenters. The SMILES string of the molecule is CC(/C=N/C(=O)OC(C)(C)C)C(=O)O. The van der Waals surface area contributed by atoms with Gasteiger partial charge in [-0.3, -0.25) is 4.79 Å². The lowest BCUT2D eigenvalue weighted by atomic mass is 10.2. The molecular weight excluding hydrogens is 186 g/mol. The first-order valence-corrected chi connectivity index (χ1v) is 4.22. The largest absolute Gasteiger partial charge is 0.481 e. The number of hydrogen-bond acceptors (Lipinski definition) is 3. The third-order valence-electron chi connectivity index (χ3n) is 1.19. The van der Waals surface area contributed by atoms with Crippen molar-refractivity contribution in [2.24, 2.45) is 10.9 Å². The molecule has 14 heavy (non-hydrogen) atoms.